The monoisotopic (exact) mass is 444 g/mol. The first-order chi connectivity index (χ1) is 16.0. The van der Waals surface area contributed by atoms with E-state index in [0.717, 1.165) is 24.0 Å². The van der Waals surface area contributed by atoms with E-state index in [1.165, 1.54) is 22.9 Å². The number of anilines is 1. The van der Waals surface area contributed by atoms with E-state index in [1.54, 1.807) is 24.1 Å². The lowest BCUT2D eigenvalue weighted by atomic mass is 9.89. The largest absolute Gasteiger partial charge is 0.379 e. The predicted octanol–water partition coefficient (Wildman–Crippen LogP) is 4.03. The molecule has 7 heteroatoms. The van der Waals surface area contributed by atoms with Gasteiger partial charge in [-0.2, -0.15) is 5.26 Å². The first kappa shape index (κ1) is 22.3. The van der Waals surface area contributed by atoms with E-state index in [1.807, 2.05) is 36.4 Å². The Balaban J connectivity index is 1.56. The van der Waals surface area contributed by atoms with Gasteiger partial charge in [-0.3, -0.25) is 9.59 Å². The Labute approximate surface area is 191 Å². The highest BCUT2D eigenvalue weighted by Gasteiger charge is 2.28. The Bertz CT molecular complexity index is 1240. The second-order valence-electron chi connectivity index (χ2n) is 8.28. The summed E-state index contributed by atoms with van der Waals surface area (Å²) in [6.07, 6.45) is 3.03. The Morgan fingerprint density at radius 2 is 1.79 bits per heavy atom. The van der Waals surface area contributed by atoms with Crippen LogP contribution in [-0.4, -0.2) is 28.5 Å². The minimum Gasteiger partial charge on any atom is -0.379 e. The predicted molar refractivity (Wildman–Crippen MR) is 124 cm³/mol. The van der Waals surface area contributed by atoms with Crippen LogP contribution in [0.25, 0.3) is 0 Å². The average molecular weight is 445 g/mol. The van der Waals surface area contributed by atoms with Crippen molar-refractivity contribution in [3.05, 3.63) is 99.2 Å². The number of likely N-dealkylation sites (tertiary alicyclic amines) is 1. The molecule has 1 aromatic heterocycles. The van der Waals surface area contributed by atoms with Crippen molar-refractivity contribution in [2.24, 2.45) is 7.05 Å². The van der Waals surface area contributed by atoms with Gasteiger partial charge in [0, 0.05) is 32.9 Å². The van der Waals surface area contributed by atoms with Crippen molar-refractivity contribution < 1.29 is 9.18 Å². The molecule has 0 atom stereocenters. The van der Waals surface area contributed by atoms with Gasteiger partial charge in [0.2, 0.25) is 0 Å². The maximum atomic E-state index is 13.5. The summed E-state index contributed by atoms with van der Waals surface area (Å²) in [5.74, 6) is -0.208. The Kier molecular flexibility index (Phi) is 6.55. The maximum Gasteiger partial charge on any atom is 0.270 e. The first-order valence-electron chi connectivity index (χ1n) is 10.9. The van der Waals surface area contributed by atoms with Crippen molar-refractivity contribution in [3.8, 4) is 6.07 Å². The molecule has 168 valence electrons. The molecule has 0 radical (unpaired) electrons. The van der Waals surface area contributed by atoms with Gasteiger partial charge in [-0.15, -0.1) is 0 Å². The second kappa shape index (κ2) is 9.70. The van der Waals surface area contributed by atoms with Gasteiger partial charge in [0.05, 0.1) is 11.3 Å². The van der Waals surface area contributed by atoms with E-state index in [2.05, 4.69) is 5.32 Å². The van der Waals surface area contributed by atoms with Gasteiger partial charge in [0.1, 0.15) is 17.4 Å². The van der Waals surface area contributed by atoms with E-state index in [0.29, 0.717) is 25.2 Å². The van der Waals surface area contributed by atoms with E-state index < -0.39 is 5.56 Å². The number of nitriles is 1. The van der Waals surface area contributed by atoms with Crippen molar-refractivity contribution >= 4 is 11.6 Å². The molecule has 0 spiro atoms. The molecule has 3 aromatic rings. The summed E-state index contributed by atoms with van der Waals surface area (Å²) in [5, 5.41) is 12.8. The summed E-state index contributed by atoms with van der Waals surface area (Å²) < 4.78 is 14.5. The summed E-state index contributed by atoms with van der Waals surface area (Å²) in [6, 6.07) is 18.1. The molecule has 1 amide bonds. The topological polar surface area (TPSA) is 78.1 Å². The van der Waals surface area contributed by atoms with Crippen LogP contribution in [0.3, 0.4) is 0 Å². The number of nitrogens with zero attached hydrogens (tertiary/aromatic N) is 3. The summed E-state index contributed by atoms with van der Waals surface area (Å²) in [5.41, 5.74) is 2.11. The zero-order valence-electron chi connectivity index (χ0n) is 18.4. The third-order valence-electron chi connectivity index (χ3n) is 6.15. The minimum absolute atomic E-state index is 0.0690. The highest BCUT2D eigenvalue weighted by atomic mass is 19.1. The number of carbonyl (C=O) groups excluding carboxylic acids is 1. The SMILES string of the molecule is Cn1cc(C(=O)N2CCC(c3ccc(F)cc3)CC2)c(NCc2ccccc2)c(C#N)c1=O. The summed E-state index contributed by atoms with van der Waals surface area (Å²) in [6.45, 7) is 1.48. The van der Waals surface area contributed by atoms with Gasteiger partial charge in [0.15, 0.2) is 0 Å². The van der Waals surface area contributed by atoms with E-state index in [4.69, 9.17) is 0 Å². The lowest BCUT2D eigenvalue weighted by Crippen LogP contribution is -2.39. The molecular weight excluding hydrogens is 419 g/mol. The van der Waals surface area contributed by atoms with Crippen LogP contribution < -0.4 is 10.9 Å². The first-order valence-corrected chi connectivity index (χ1v) is 10.9. The summed E-state index contributed by atoms with van der Waals surface area (Å²) in [7, 11) is 1.54. The molecule has 0 unspecified atom stereocenters. The van der Waals surface area contributed by atoms with Crippen LogP contribution >= 0.6 is 0 Å². The van der Waals surface area contributed by atoms with Crippen molar-refractivity contribution in [2.75, 3.05) is 18.4 Å². The molecule has 0 saturated carbocycles. The zero-order chi connectivity index (χ0) is 23.4. The quantitative estimate of drug-likeness (QED) is 0.645. The Hall–Kier alpha value is -3.92. The molecule has 1 aliphatic heterocycles. The van der Waals surface area contributed by atoms with Crippen LogP contribution in [0.1, 0.15) is 45.8 Å². The standard InChI is InChI=1S/C26H25FN4O2/c1-30-17-23(24(22(15-28)25(30)32)29-16-18-5-3-2-4-6-18)26(33)31-13-11-20(12-14-31)19-7-9-21(27)10-8-19/h2-10,17,20,29H,11-14,16H2,1H3. The third-order valence-corrected chi connectivity index (χ3v) is 6.15. The van der Waals surface area contributed by atoms with Crippen LogP contribution in [0.2, 0.25) is 0 Å². The molecule has 4 rings (SSSR count). The van der Waals surface area contributed by atoms with Gasteiger partial charge in [0.25, 0.3) is 11.5 Å². The smallest absolute Gasteiger partial charge is 0.270 e. The van der Waals surface area contributed by atoms with Gasteiger partial charge < -0.3 is 14.8 Å². The summed E-state index contributed by atoms with van der Waals surface area (Å²) >= 11 is 0. The van der Waals surface area contributed by atoms with Crippen LogP contribution in [0, 0.1) is 17.1 Å². The number of hydrogen-bond acceptors (Lipinski definition) is 4. The molecule has 2 aromatic carbocycles. The van der Waals surface area contributed by atoms with Crippen molar-refractivity contribution in [2.45, 2.75) is 25.3 Å². The fourth-order valence-electron chi connectivity index (χ4n) is 4.29. The summed E-state index contributed by atoms with van der Waals surface area (Å²) in [4.78, 5) is 27.8. The zero-order valence-corrected chi connectivity index (χ0v) is 18.4. The fraction of sp³-hybridized carbons (Fsp3) is 0.269. The normalized spacial score (nSPS) is 14.0. The number of benzene rings is 2. The Morgan fingerprint density at radius 3 is 2.42 bits per heavy atom. The Morgan fingerprint density at radius 1 is 1.12 bits per heavy atom. The van der Waals surface area contributed by atoms with Gasteiger partial charge in [-0.25, -0.2) is 4.39 Å². The molecule has 1 N–H and O–H groups in total. The van der Waals surface area contributed by atoms with Gasteiger partial charge >= 0.3 is 0 Å². The second-order valence-corrected chi connectivity index (χ2v) is 8.28. The lowest BCUT2D eigenvalue weighted by Gasteiger charge is -2.33. The maximum absolute atomic E-state index is 13.5. The van der Waals surface area contributed by atoms with Crippen LogP contribution in [0.15, 0.2) is 65.6 Å². The molecule has 2 heterocycles. The molecule has 0 aliphatic carbocycles. The van der Waals surface area contributed by atoms with Crippen LogP contribution in [-0.2, 0) is 13.6 Å². The van der Waals surface area contributed by atoms with Crippen LogP contribution in [0.4, 0.5) is 10.1 Å². The van der Waals surface area contributed by atoms with E-state index in [9.17, 15) is 19.2 Å². The number of rotatable bonds is 5. The lowest BCUT2D eigenvalue weighted by molar-refractivity contribution is 0.0713. The molecule has 1 fully saturated rings. The van der Waals surface area contributed by atoms with Gasteiger partial charge in [-0.1, -0.05) is 42.5 Å². The number of amides is 1. The molecular formula is C26H25FN4O2. The number of carbonyl (C=O) groups is 1. The molecule has 0 bridgehead atoms. The molecule has 33 heavy (non-hydrogen) atoms. The highest BCUT2D eigenvalue weighted by molar-refractivity contribution is 6.00. The molecule has 1 aliphatic rings. The van der Waals surface area contributed by atoms with E-state index in [-0.39, 0.29) is 28.9 Å². The minimum atomic E-state index is -0.445. The number of halogens is 1. The number of piperidine rings is 1. The number of hydrogen-bond donors (Lipinski definition) is 1. The van der Waals surface area contributed by atoms with Crippen molar-refractivity contribution in [1.29, 1.82) is 5.26 Å². The molecule has 6 nitrogen and oxygen atoms in total. The van der Waals surface area contributed by atoms with Crippen molar-refractivity contribution in [3.63, 3.8) is 0 Å². The highest BCUT2D eigenvalue weighted by Crippen LogP contribution is 2.30. The average Bonchev–Trinajstić information content (AvgIpc) is 2.85. The number of nitrogens with one attached hydrogen (secondary N) is 1. The number of pyridine rings is 1. The van der Waals surface area contributed by atoms with Crippen LogP contribution in [0.5, 0.6) is 0 Å². The van der Waals surface area contributed by atoms with Crippen molar-refractivity contribution in [1.82, 2.24) is 9.47 Å². The van der Waals surface area contributed by atoms with E-state index >= 15 is 0 Å². The molecule has 1 saturated heterocycles. The third kappa shape index (κ3) is 4.80. The number of aryl methyl sites for hydroxylation is 1. The number of aromatic nitrogens is 1. The van der Waals surface area contributed by atoms with Gasteiger partial charge in [-0.05, 0) is 42.0 Å². The fourth-order valence-corrected chi connectivity index (χ4v) is 4.29.